The van der Waals surface area contributed by atoms with Crippen LogP contribution in [0.25, 0.3) is 0 Å². The summed E-state index contributed by atoms with van der Waals surface area (Å²) in [5, 5.41) is 2.81. The molecule has 1 fully saturated rings. The van der Waals surface area contributed by atoms with Gasteiger partial charge in [0, 0.05) is 18.3 Å². The molecule has 0 bridgehead atoms. The van der Waals surface area contributed by atoms with Crippen molar-refractivity contribution in [3.8, 4) is 11.5 Å². The number of hydrogen-bond acceptors (Lipinski definition) is 5. The highest BCUT2D eigenvalue weighted by Crippen LogP contribution is 2.30. The molecule has 4 amide bonds. The summed E-state index contributed by atoms with van der Waals surface area (Å²) in [7, 11) is 1.52. The normalized spacial score (nSPS) is 15.8. The maximum Gasteiger partial charge on any atom is 0.332 e. The Hall–Kier alpha value is -3.55. The van der Waals surface area contributed by atoms with Crippen molar-refractivity contribution in [2.75, 3.05) is 30.5 Å². The van der Waals surface area contributed by atoms with Gasteiger partial charge in [-0.15, -0.1) is 0 Å². The minimum absolute atomic E-state index is 0.129. The second-order valence-electron chi connectivity index (χ2n) is 8.26. The van der Waals surface area contributed by atoms with Gasteiger partial charge >= 0.3 is 6.03 Å². The average molecular weight is 454 g/mol. The highest BCUT2D eigenvalue weighted by Gasteiger charge is 2.46. The van der Waals surface area contributed by atoms with Gasteiger partial charge in [-0.2, -0.15) is 0 Å². The fourth-order valence-corrected chi connectivity index (χ4v) is 3.66. The molecule has 33 heavy (non-hydrogen) atoms. The van der Waals surface area contributed by atoms with E-state index in [1.54, 1.807) is 48.5 Å². The van der Waals surface area contributed by atoms with Crippen molar-refractivity contribution in [2.45, 2.75) is 39.7 Å². The maximum atomic E-state index is 13.3. The van der Waals surface area contributed by atoms with E-state index in [1.165, 1.54) is 12.0 Å². The number of urea groups is 1. The molecule has 1 saturated heterocycles. The van der Waals surface area contributed by atoms with Crippen molar-refractivity contribution in [3.63, 3.8) is 0 Å². The van der Waals surface area contributed by atoms with Gasteiger partial charge in [-0.3, -0.25) is 9.59 Å². The Labute approximate surface area is 194 Å². The Morgan fingerprint density at radius 2 is 1.82 bits per heavy atom. The predicted octanol–water partition coefficient (Wildman–Crippen LogP) is 4.31. The molecule has 0 unspecified atom stereocenters. The van der Waals surface area contributed by atoms with E-state index in [0.717, 1.165) is 11.3 Å². The van der Waals surface area contributed by atoms with Gasteiger partial charge in [0.05, 0.1) is 25.8 Å². The molecule has 3 rings (SSSR count). The fourth-order valence-electron chi connectivity index (χ4n) is 3.66. The smallest absolute Gasteiger partial charge is 0.332 e. The molecule has 1 aliphatic heterocycles. The minimum Gasteiger partial charge on any atom is -0.497 e. The highest BCUT2D eigenvalue weighted by molar-refractivity contribution is 6.22. The summed E-state index contributed by atoms with van der Waals surface area (Å²) in [6, 6.07) is 12.5. The summed E-state index contributed by atoms with van der Waals surface area (Å²) < 4.78 is 10.7. The van der Waals surface area contributed by atoms with Crippen LogP contribution in [0.15, 0.2) is 48.5 Å². The van der Waals surface area contributed by atoms with Crippen LogP contribution in [0.2, 0.25) is 0 Å². The lowest BCUT2D eigenvalue weighted by atomic mass is 10.1. The summed E-state index contributed by atoms with van der Waals surface area (Å²) >= 11 is 0. The third-order valence-corrected chi connectivity index (χ3v) is 5.41. The van der Waals surface area contributed by atoms with Crippen LogP contribution in [0.4, 0.5) is 16.2 Å². The third-order valence-electron chi connectivity index (χ3n) is 5.41. The van der Waals surface area contributed by atoms with Crippen LogP contribution < -0.4 is 19.7 Å². The Bertz CT molecular complexity index is 990. The summed E-state index contributed by atoms with van der Waals surface area (Å²) in [4.78, 5) is 41.9. The lowest BCUT2D eigenvalue weighted by molar-refractivity contribution is -0.124. The number of nitrogens with one attached hydrogen (secondary N) is 1. The Morgan fingerprint density at radius 1 is 1.09 bits per heavy atom. The number of rotatable bonds is 10. The van der Waals surface area contributed by atoms with Crippen LogP contribution in [0, 0.1) is 5.92 Å². The summed E-state index contributed by atoms with van der Waals surface area (Å²) in [6.07, 6.45) is 0.596. The SMILES string of the molecule is CCOc1ccc(NC(=O)C[C@@H]2C(=O)N(c3cccc(OC)c3)C(=O)N2CCC(C)C)cc1. The van der Waals surface area contributed by atoms with Crippen LogP contribution >= 0.6 is 0 Å². The monoisotopic (exact) mass is 453 g/mol. The van der Waals surface area contributed by atoms with E-state index in [9.17, 15) is 14.4 Å². The molecule has 2 aromatic rings. The van der Waals surface area contributed by atoms with Gasteiger partial charge in [-0.05, 0) is 55.7 Å². The van der Waals surface area contributed by atoms with Crippen LogP contribution in [0.3, 0.4) is 0 Å². The predicted molar refractivity (Wildman–Crippen MR) is 127 cm³/mol. The molecule has 176 valence electrons. The topological polar surface area (TPSA) is 88.2 Å². The van der Waals surface area contributed by atoms with E-state index >= 15 is 0 Å². The number of methoxy groups -OCH3 is 1. The number of carbonyl (C=O) groups excluding carboxylic acids is 3. The highest BCUT2D eigenvalue weighted by atomic mass is 16.5. The van der Waals surface area contributed by atoms with Crippen LogP contribution in [-0.2, 0) is 9.59 Å². The van der Waals surface area contributed by atoms with Gasteiger partial charge in [0.1, 0.15) is 17.5 Å². The molecule has 0 aliphatic carbocycles. The number of amides is 4. The van der Waals surface area contributed by atoms with Crippen molar-refractivity contribution in [2.24, 2.45) is 5.92 Å². The molecule has 8 heteroatoms. The molecular formula is C25H31N3O5. The van der Waals surface area contributed by atoms with Crippen molar-refractivity contribution >= 4 is 29.2 Å². The Morgan fingerprint density at radius 3 is 2.45 bits per heavy atom. The van der Waals surface area contributed by atoms with Crippen LogP contribution in [0.5, 0.6) is 11.5 Å². The zero-order valence-electron chi connectivity index (χ0n) is 19.5. The second kappa shape index (κ2) is 10.8. The molecule has 0 radical (unpaired) electrons. The number of hydrogen-bond donors (Lipinski definition) is 1. The number of ether oxygens (including phenoxy) is 2. The van der Waals surface area contributed by atoms with E-state index in [2.05, 4.69) is 19.2 Å². The van der Waals surface area contributed by atoms with Gasteiger partial charge in [0.2, 0.25) is 5.91 Å². The molecule has 8 nitrogen and oxygen atoms in total. The minimum atomic E-state index is -0.870. The van der Waals surface area contributed by atoms with Gasteiger partial charge in [0.25, 0.3) is 5.91 Å². The van der Waals surface area contributed by atoms with Gasteiger partial charge in [-0.25, -0.2) is 9.69 Å². The van der Waals surface area contributed by atoms with E-state index in [-0.39, 0.29) is 12.3 Å². The standard InChI is InChI=1S/C25H31N3O5/c1-5-33-20-11-9-18(10-12-20)26-23(29)16-22-24(30)28(19-7-6-8-21(15-19)32-4)25(31)27(22)14-13-17(2)3/h6-12,15,17,22H,5,13-14,16H2,1-4H3,(H,26,29)/t22-/m1/s1. The van der Waals surface area contributed by atoms with Gasteiger partial charge in [0.15, 0.2) is 0 Å². The summed E-state index contributed by atoms with van der Waals surface area (Å²) in [5.74, 6) is 0.836. The largest absolute Gasteiger partial charge is 0.497 e. The maximum absolute atomic E-state index is 13.3. The van der Waals surface area contributed by atoms with E-state index in [1.807, 2.05) is 6.92 Å². The third kappa shape index (κ3) is 5.83. The number of nitrogens with zero attached hydrogens (tertiary/aromatic N) is 2. The molecule has 0 aromatic heterocycles. The molecular weight excluding hydrogens is 422 g/mol. The molecule has 2 aromatic carbocycles. The van der Waals surface area contributed by atoms with E-state index in [0.29, 0.717) is 41.9 Å². The first-order chi connectivity index (χ1) is 15.8. The van der Waals surface area contributed by atoms with Gasteiger partial charge < -0.3 is 19.7 Å². The Balaban J connectivity index is 1.78. The van der Waals surface area contributed by atoms with E-state index in [4.69, 9.17) is 9.47 Å². The first-order valence-corrected chi connectivity index (χ1v) is 11.1. The van der Waals surface area contributed by atoms with Crippen molar-refractivity contribution in [1.82, 2.24) is 4.90 Å². The summed E-state index contributed by atoms with van der Waals surface area (Å²) in [5.41, 5.74) is 1.02. The quantitative estimate of drug-likeness (QED) is 0.542. The number of imide groups is 1. The van der Waals surface area contributed by atoms with Gasteiger partial charge in [-0.1, -0.05) is 19.9 Å². The Kier molecular flexibility index (Phi) is 7.92. The second-order valence-corrected chi connectivity index (χ2v) is 8.26. The van der Waals surface area contributed by atoms with Crippen molar-refractivity contribution in [1.29, 1.82) is 0 Å². The number of benzene rings is 2. The average Bonchev–Trinajstić information content (AvgIpc) is 3.02. The molecule has 0 spiro atoms. The van der Waals surface area contributed by atoms with E-state index < -0.39 is 18.0 Å². The van der Waals surface area contributed by atoms with Crippen molar-refractivity contribution < 1.29 is 23.9 Å². The van der Waals surface area contributed by atoms with Crippen molar-refractivity contribution in [3.05, 3.63) is 48.5 Å². The molecule has 1 heterocycles. The van der Waals surface area contributed by atoms with Crippen LogP contribution in [-0.4, -0.2) is 49.0 Å². The lowest BCUT2D eigenvalue weighted by Gasteiger charge is -2.22. The molecule has 1 N–H and O–H groups in total. The fraction of sp³-hybridized carbons (Fsp3) is 0.400. The zero-order chi connectivity index (χ0) is 24.0. The molecule has 0 saturated carbocycles. The zero-order valence-corrected chi connectivity index (χ0v) is 19.5. The number of anilines is 2. The molecule has 1 atom stereocenters. The lowest BCUT2D eigenvalue weighted by Crippen LogP contribution is -2.39. The first-order valence-electron chi connectivity index (χ1n) is 11.1. The summed E-state index contributed by atoms with van der Waals surface area (Å²) in [6.45, 7) is 6.95. The first kappa shape index (κ1) is 24.1. The number of carbonyl (C=O) groups is 3. The molecule has 1 aliphatic rings. The van der Waals surface area contributed by atoms with Crippen LogP contribution in [0.1, 0.15) is 33.6 Å².